The van der Waals surface area contributed by atoms with Crippen molar-refractivity contribution in [3.63, 3.8) is 0 Å². The van der Waals surface area contributed by atoms with Gasteiger partial charge >= 0.3 is 12.4 Å². The van der Waals surface area contributed by atoms with Crippen LogP contribution in [0.15, 0.2) is 73.1 Å². The molecule has 1 unspecified atom stereocenters. The number of amides is 2. The van der Waals surface area contributed by atoms with Gasteiger partial charge in [-0.2, -0.15) is 0 Å². The molecule has 2 amide bonds. The van der Waals surface area contributed by atoms with E-state index < -0.39 is 12.4 Å². The van der Waals surface area contributed by atoms with Gasteiger partial charge in [0, 0.05) is 24.0 Å². The molecule has 170 valence electrons. The zero-order valence-electron chi connectivity index (χ0n) is 17.2. The van der Waals surface area contributed by atoms with E-state index in [1.54, 1.807) is 30.5 Å². The van der Waals surface area contributed by atoms with Gasteiger partial charge in [-0.3, -0.25) is 4.98 Å². The van der Waals surface area contributed by atoms with Crippen LogP contribution in [0, 0.1) is 0 Å². The van der Waals surface area contributed by atoms with Gasteiger partial charge in [0.2, 0.25) is 5.88 Å². The molecular weight excluding hydrogens is 437 g/mol. The van der Waals surface area contributed by atoms with E-state index in [9.17, 15) is 18.0 Å². The zero-order chi connectivity index (χ0) is 23.3. The lowest BCUT2D eigenvalue weighted by Gasteiger charge is -2.15. The first-order valence-corrected chi connectivity index (χ1v) is 10.1. The highest BCUT2D eigenvalue weighted by Gasteiger charge is 2.31. The summed E-state index contributed by atoms with van der Waals surface area (Å²) in [5.74, 6) is 0.476. The van der Waals surface area contributed by atoms with Crippen molar-refractivity contribution in [3.05, 3.63) is 78.8 Å². The number of urea groups is 1. The lowest BCUT2D eigenvalue weighted by Crippen LogP contribution is -2.20. The van der Waals surface area contributed by atoms with E-state index in [4.69, 9.17) is 4.74 Å². The molecule has 2 N–H and O–H groups in total. The van der Waals surface area contributed by atoms with Gasteiger partial charge in [0.1, 0.15) is 11.4 Å². The molecule has 0 spiro atoms. The van der Waals surface area contributed by atoms with Crippen LogP contribution in [0.5, 0.6) is 17.4 Å². The van der Waals surface area contributed by atoms with Crippen LogP contribution >= 0.6 is 0 Å². The van der Waals surface area contributed by atoms with Gasteiger partial charge in [0.05, 0.1) is 5.69 Å². The third-order valence-corrected chi connectivity index (χ3v) is 4.74. The third kappa shape index (κ3) is 6.00. The van der Waals surface area contributed by atoms with Gasteiger partial charge in [0.25, 0.3) is 0 Å². The van der Waals surface area contributed by atoms with Gasteiger partial charge in [-0.1, -0.05) is 12.2 Å². The van der Waals surface area contributed by atoms with E-state index in [2.05, 4.69) is 37.5 Å². The molecule has 0 radical (unpaired) electrons. The molecular formula is C23H19F3N4O3. The topological polar surface area (TPSA) is 85.4 Å². The summed E-state index contributed by atoms with van der Waals surface area (Å²) in [5, 5.41) is 5.17. The molecule has 0 aliphatic heterocycles. The number of allylic oxidation sites excluding steroid dienone is 2. The molecule has 10 heteroatoms. The summed E-state index contributed by atoms with van der Waals surface area (Å²) in [7, 11) is 0. The normalized spacial score (nSPS) is 15.2. The number of halogens is 3. The molecule has 7 nitrogen and oxygen atoms in total. The minimum absolute atomic E-state index is 0.147. The van der Waals surface area contributed by atoms with Crippen molar-refractivity contribution in [3.8, 4) is 17.4 Å². The maximum absolute atomic E-state index is 12.4. The fourth-order valence-electron chi connectivity index (χ4n) is 3.32. The second kappa shape index (κ2) is 9.60. The number of hydrogen-bond donors (Lipinski definition) is 2. The fourth-order valence-corrected chi connectivity index (χ4v) is 3.32. The van der Waals surface area contributed by atoms with Gasteiger partial charge in [0.15, 0.2) is 5.75 Å². The Bertz CT molecular complexity index is 1150. The summed E-state index contributed by atoms with van der Waals surface area (Å²) in [6.45, 7) is 0. The Hall–Kier alpha value is -4.08. The second-order valence-corrected chi connectivity index (χ2v) is 7.11. The second-order valence-electron chi connectivity index (χ2n) is 7.11. The van der Waals surface area contributed by atoms with Crippen LogP contribution < -0.4 is 20.1 Å². The smallest absolute Gasteiger partial charge is 0.435 e. The lowest BCUT2D eigenvalue weighted by molar-refractivity contribution is -0.274. The van der Waals surface area contributed by atoms with Crippen LogP contribution in [-0.4, -0.2) is 22.4 Å². The van der Waals surface area contributed by atoms with E-state index in [0.717, 1.165) is 30.7 Å². The first-order valence-electron chi connectivity index (χ1n) is 10.1. The van der Waals surface area contributed by atoms with Crippen LogP contribution in [0.2, 0.25) is 0 Å². The average Bonchev–Trinajstić information content (AvgIpc) is 3.31. The van der Waals surface area contributed by atoms with Crippen molar-refractivity contribution >= 4 is 17.4 Å². The van der Waals surface area contributed by atoms with Crippen molar-refractivity contribution in [1.29, 1.82) is 0 Å². The van der Waals surface area contributed by atoms with E-state index in [0.29, 0.717) is 11.4 Å². The molecule has 3 aromatic rings. The van der Waals surface area contributed by atoms with Gasteiger partial charge in [-0.05, 0) is 61.4 Å². The predicted molar refractivity (Wildman–Crippen MR) is 115 cm³/mol. The summed E-state index contributed by atoms with van der Waals surface area (Å²) >= 11 is 0. The number of nitrogens with zero attached hydrogens (tertiary/aromatic N) is 2. The number of anilines is 2. The van der Waals surface area contributed by atoms with E-state index in [1.165, 1.54) is 18.3 Å². The van der Waals surface area contributed by atoms with E-state index in [1.807, 2.05) is 0 Å². The van der Waals surface area contributed by atoms with Crippen LogP contribution in [0.4, 0.5) is 29.3 Å². The van der Waals surface area contributed by atoms with E-state index in [-0.39, 0.29) is 23.2 Å². The van der Waals surface area contributed by atoms with Gasteiger partial charge in [-0.25, -0.2) is 9.78 Å². The van der Waals surface area contributed by atoms with E-state index >= 15 is 0 Å². The molecule has 0 bridgehead atoms. The highest BCUT2D eigenvalue weighted by atomic mass is 19.4. The number of aromatic nitrogens is 2. The van der Waals surface area contributed by atoms with Crippen LogP contribution in [0.25, 0.3) is 0 Å². The third-order valence-electron chi connectivity index (χ3n) is 4.74. The molecule has 33 heavy (non-hydrogen) atoms. The highest BCUT2D eigenvalue weighted by molar-refractivity contribution is 6.00. The first-order chi connectivity index (χ1) is 15.9. The van der Waals surface area contributed by atoms with Crippen molar-refractivity contribution in [2.75, 3.05) is 10.6 Å². The Labute approximate surface area is 187 Å². The Morgan fingerprint density at radius 2 is 1.76 bits per heavy atom. The number of nitrogens with one attached hydrogen (secondary N) is 2. The van der Waals surface area contributed by atoms with Crippen molar-refractivity contribution < 1.29 is 27.4 Å². The molecule has 1 aliphatic rings. The Morgan fingerprint density at radius 3 is 2.48 bits per heavy atom. The quantitative estimate of drug-likeness (QED) is 0.429. The number of carbonyl (C=O) groups excluding carboxylic acids is 1. The predicted octanol–water partition coefficient (Wildman–Crippen LogP) is 6.25. The number of benzene rings is 1. The minimum Gasteiger partial charge on any atom is -0.435 e. The SMILES string of the molecule is O=C(Nc1ccc(OC(F)(F)F)cc1)Nc1cccnc1Oc1cccnc1C1C=CCC1. The summed E-state index contributed by atoms with van der Waals surface area (Å²) in [4.78, 5) is 21.1. The number of alkyl halides is 3. The largest absolute Gasteiger partial charge is 0.573 e. The highest BCUT2D eigenvalue weighted by Crippen LogP contribution is 2.36. The van der Waals surface area contributed by atoms with Crippen molar-refractivity contribution in [2.45, 2.75) is 25.1 Å². The standard InChI is InChI=1S/C23H19F3N4O3/c24-23(25,26)33-17-11-9-16(10-12-17)29-22(31)30-18-7-3-14-28-21(18)32-19-8-4-13-27-20(19)15-5-1-2-6-15/h1,3-5,7-15H,2,6H2,(H2,29,30,31). The molecule has 1 aliphatic carbocycles. The Balaban J connectivity index is 1.44. The fraction of sp³-hybridized carbons (Fsp3) is 0.174. The lowest BCUT2D eigenvalue weighted by atomic mass is 10.0. The Morgan fingerprint density at radius 1 is 1.00 bits per heavy atom. The molecule has 4 rings (SSSR count). The van der Waals surface area contributed by atoms with Gasteiger partial charge in [-0.15, -0.1) is 13.2 Å². The first kappa shape index (κ1) is 22.1. The maximum atomic E-state index is 12.4. The summed E-state index contributed by atoms with van der Waals surface area (Å²) in [6, 6.07) is 11.0. The molecule has 0 saturated heterocycles. The molecule has 1 atom stereocenters. The Kier molecular flexibility index (Phi) is 6.43. The molecule has 0 fully saturated rings. The van der Waals surface area contributed by atoms with Crippen LogP contribution in [0.3, 0.4) is 0 Å². The van der Waals surface area contributed by atoms with Crippen molar-refractivity contribution in [2.24, 2.45) is 0 Å². The summed E-state index contributed by atoms with van der Waals surface area (Å²) in [5.41, 5.74) is 1.37. The summed E-state index contributed by atoms with van der Waals surface area (Å²) < 4.78 is 46.6. The number of carbonyl (C=O) groups is 1. The maximum Gasteiger partial charge on any atom is 0.573 e. The molecule has 2 aromatic heterocycles. The number of ether oxygens (including phenoxy) is 2. The summed E-state index contributed by atoms with van der Waals surface area (Å²) in [6.07, 6.45) is 4.55. The molecule has 2 heterocycles. The number of hydrogen-bond acceptors (Lipinski definition) is 5. The van der Waals surface area contributed by atoms with Crippen molar-refractivity contribution in [1.82, 2.24) is 9.97 Å². The number of rotatable bonds is 6. The van der Waals surface area contributed by atoms with Gasteiger partial charge < -0.3 is 20.1 Å². The zero-order valence-corrected chi connectivity index (χ0v) is 17.2. The molecule has 1 aromatic carbocycles. The van der Waals surface area contributed by atoms with Crippen LogP contribution in [-0.2, 0) is 0 Å². The average molecular weight is 456 g/mol. The number of pyridine rings is 2. The van der Waals surface area contributed by atoms with Crippen LogP contribution in [0.1, 0.15) is 24.5 Å². The monoisotopic (exact) mass is 456 g/mol. The molecule has 0 saturated carbocycles. The minimum atomic E-state index is -4.79.